The van der Waals surface area contributed by atoms with Crippen LogP contribution >= 0.6 is 11.6 Å². The van der Waals surface area contributed by atoms with Crippen molar-refractivity contribution in [1.29, 1.82) is 0 Å². The van der Waals surface area contributed by atoms with Crippen LogP contribution in [0.4, 0.5) is 0 Å². The molecule has 1 N–H and O–H groups in total. The lowest BCUT2D eigenvalue weighted by atomic mass is 10.1. The van der Waals surface area contributed by atoms with E-state index in [9.17, 15) is 13.2 Å². The SMILES string of the molecule is CCS(=O)(=O)c1ccc(Oc2ccccc2C#CCCO)c(-c2cn(C)c(=O)cc2Cl)c1. The molecule has 0 atom stereocenters. The number of hydrogen-bond donors (Lipinski definition) is 1. The Morgan fingerprint density at radius 3 is 2.56 bits per heavy atom. The number of hydrogen-bond acceptors (Lipinski definition) is 5. The normalized spacial score (nSPS) is 11.0. The lowest BCUT2D eigenvalue weighted by molar-refractivity contribution is 0.305. The molecule has 0 amide bonds. The van der Waals surface area contributed by atoms with Crippen LogP contribution in [0.3, 0.4) is 0 Å². The van der Waals surface area contributed by atoms with Crippen molar-refractivity contribution in [2.75, 3.05) is 12.4 Å². The Labute approximate surface area is 192 Å². The third-order valence-corrected chi connectivity index (χ3v) is 6.77. The summed E-state index contributed by atoms with van der Waals surface area (Å²) in [6.07, 6.45) is 1.87. The predicted molar refractivity (Wildman–Crippen MR) is 125 cm³/mol. The number of nitrogens with zero attached hydrogens (tertiary/aromatic N) is 1. The van der Waals surface area contributed by atoms with Crippen LogP contribution in [0.25, 0.3) is 11.1 Å². The summed E-state index contributed by atoms with van der Waals surface area (Å²) >= 11 is 6.36. The highest BCUT2D eigenvalue weighted by atomic mass is 35.5. The standard InChI is InChI=1S/C24H22ClNO5S/c1-3-32(29,30)18-11-12-23(19(14-18)20-16-26(2)24(28)15-21(20)25)31-22-10-5-4-8-17(22)9-6-7-13-27/h4-5,8,10-12,14-16,27H,3,7,13H2,1-2H3. The van der Waals surface area contributed by atoms with E-state index in [1.54, 1.807) is 44.4 Å². The third kappa shape index (κ3) is 5.22. The van der Waals surface area contributed by atoms with Crippen LogP contribution in [-0.2, 0) is 16.9 Å². The lowest BCUT2D eigenvalue weighted by Crippen LogP contribution is -2.15. The number of halogens is 1. The van der Waals surface area contributed by atoms with Gasteiger partial charge in [0.25, 0.3) is 5.56 Å². The number of benzene rings is 2. The van der Waals surface area contributed by atoms with E-state index >= 15 is 0 Å². The Morgan fingerprint density at radius 1 is 1.09 bits per heavy atom. The Kier molecular flexibility index (Phi) is 7.41. The van der Waals surface area contributed by atoms with Gasteiger partial charge in [0.15, 0.2) is 9.84 Å². The zero-order chi connectivity index (χ0) is 23.3. The fourth-order valence-corrected chi connectivity index (χ4v) is 4.11. The number of aliphatic hydroxyl groups is 1. The molecule has 166 valence electrons. The van der Waals surface area contributed by atoms with Gasteiger partial charge in [0.2, 0.25) is 0 Å². The number of aryl methyl sites for hydroxylation is 1. The summed E-state index contributed by atoms with van der Waals surface area (Å²) in [5, 5.41) is 9.15. The van der Waals surface area contributed by atoms with Crippen LogP contribution in [0.15, 0.2) is 64.4 Å². The Bertz CT molecular complexity index is 1370. The molecule has 2 aromatic carbocycles. The molecule has 6 nitrogen and oxygen atoms in total. The number of rotatable bonds is 6. The van der Waals surface area contributed by atoms with Crippen molar-refractivity contribution in [1.82, 2.24) is 4.57 Å². The summed E-state index contributed by atoms with van der Waals surface area (Å²) in [6.45, 7) is 1.53. The maximum Gasteiger partial charge on any atom is 0.251 e. The number of sulfone groups is 1. The molecule has 3 rings (SSSR count). The Hall–Kier alpha value is -3.05. The summed E-state index contributed by atoms with van der Waals surface area (Å²) in [7, 11) is -1.90. The second-order valence-corrected chi connectivity index (χ2v) is 9.60. The molecule has 1 heterocycles. The zero-order valence-electron chi connectivity index (χ0n) is 17.6. The topological polar surface area (TPSA) is 85.6 Å². The minimum Gasteiger partial charge on any atom is -0.455 e. The number of aromatic nitrogens is 1. The highest BCUT2D eigenvalue weighted by Crippen LogP contribution is 2.38. The van der Waals surface area contributed by atoms with Gasteiger partial charge in [-0.3, -0.25) is 4.79 Å². The molecule has 0 radical (unpaired) electrons. The fraction of sp³-hybridized carbons (Fsp3) is 0.208. The van der Waals surface area contributed by atoms with Gasteiger partial charge in [-0.1, -0.05) is 42.5 Å². The molecule has 0 bridgehead atoms. The summed E-state index contributed by atoms with van der Waals surface area (Å²) in [5.41, 5.74) is 1.21. The number of pyridine rings is 1. The van der Waals surface area contributed by atoms with E-state index in [1.165, 1.54) is 22.8 Å². The zero-order valence-corrected chi connectivity index (χ0v) is 19.2. The van der Waals surface area contributed by atoms with Crippen molar-refractivity contribution in [2.24, 2.45) is 7.05 Å². The van der Waals surface area contributed by atoms with E-state index in [0.717, 1.165) is 0 Å². The molecule has 0 aliphatic rings. The van der Waals surface area contributed by atoms with Crippen LogP contribution in [0.2, 0.25) is 5.02 Å². The van der Waals surface area contributed by atoms with Gasteiger partial charge < -0.3 is 14.4 Å². The maximum absolute atomic E-state index is 12.5. The van der Waals surface area contributed by atoms with Crippen LogP contribution < -0.4 is 10.3 Å². The second-order valence-electron chi connectivity index (χ2n) is 6.92. The van der Waals surface area contributed by atoms with Gasteiger partial charge in [-0.15, -0.1) is 0 Å². The van der Waals surface area contributed by atoms with Gasteiger partial charge in [-0.25, -0.2) is 8.42 Å². The molecular formula is C24H22ClNO5S. The van der Waals surface area contributed by atoms with Crippen molar-refractivity contribution in [3.63, 3.8) is 0 Å². The molecule has 0 spiro atoms. The van der Waals surface area contributed by atoms with Gasteiger partial charge in [0.1, 0.15) is 11.5 Å². The minimum atomic E-state index is -3.49. The molecule has 0 aliphatic heterocycles. The largest absolute Gasteiger partial charge is 0.455 e. The second kappa shape index (κ2) is 10.0. The van der Waals surface area contributed by atoms with E-state index < -0.39 is 9.84 Å². The first-order chi connectivity index (χ1) is 15.3. The molecule has 3 aromatic rings. The fourth-order valence-electron chi connectivity index (χ4n) is 2.96. The smallest absolute Gasteiger partial charge is 0.251 e. The van der Waals surface area contributed by atoms with Gasteiger partial charge in [0, 0.05) is 36.9 Å². The molecule has 0 unspecified atom stereocenters. The van der Waals surface area contributed by atoms with Crippen molar-refractivity contribution in [2.45, 2.75) is 18.2 Å². The minimum absolute atomic E-state index is 0.0429. The van der Waals surface area contributed by atoms with E-state index in [-0.39, 0.29) is 27.8 Å². The average Bonchev–Trinajstić information content (AvgIpc) is 2.78. The molecule has 0 saturated heterocycles. The average molecular weight is 472 g/mol. The van der Waals surface area contributed by atoms with Crippen LogP contribution in [-0.4, -0.2) is 30.5 Å². The number of ether oxygens (including phenoxy) is 1. The quantitative estimate of drug-likeness (QED) is 0.549. The first-order valence-electron chi connectivity index (χ1n) is 9.86. The summed E-state index contributed by atoms with van der Waals surface area (Å²) in [4.78, 5) is 12.1. The summed E-state index contributed by atoms with van der Waals surface area (Å²) in [6, 6.07) is 13.0. The van der Waals surface area contributed by atoms with Crippen molar-refractivity contribution < 1.29 is 18.3 Å². The molecule has 32 heavy (non-hydrogen) atoms. The highest BCUT2D eigenvalue weighted by Gasteiger charge is 2.19. The Morgan fingerprint density at radius 2 is 1.84 bits per heavy atom. The molecule has 0 aliphatic carbocycles. The molecule has 0 saturated carbocycles. The van der Waals surface area contributed by atoms with Crippen molar-refractivity contribution in [3.8, 4) is 34.5 Å². The van der Waals surface area contributed by atoms with Gasteiger partial charge in [-0.2, -0.15) is 0 Å². The molecule has 0 fully saturated rings. The number of para-hydroxylation sites is 1. The van der Waals surface area contributed by atoms with Crippen molar-refractivity contribution >= 4 is 21.4 Å². The first-order valence-corrected chi connectivity index (χ1v) is 11.9. The van der Waals surface area contributed by atoms with Gasteiger partial charge in [-0.05, 0) is 30.3 Å². The maximum atomic E-state index is 12.5. The molecular weight excluding hydrogens is 450 g/mol. The van der Waals surface area contributed by atoms with Gasteiger partial charge >= 0.3 is 0 Å². The number of aliphatic hydroxyl groups excluding tert-OH is 1. The van der Waals surface area contributed by atoms with E-state index in [1.807, 2.05) is 6.07 Å². The molecule has 1 aromatic heterocycles. The lowest BCUT2D eigenvalue weighted by Gasteiger charge is -2.16. The van der Waals surface area contributed by atoms with E-state index in [0.29, 0.717) is 34.6 Å². The molecule has 8 heteroatoms. The van der Waals surface area contributed by atoms with E-state index in [4.69, 9.17) is 21.4 Å². The Balaban J connectivity index is 2.19. The van der Waals surface area contributed by atoms with Crippen LogP contribution in [0.1, 0.15) is 18.9 Å². The first kappa shape index (κ1) is 23.6. The van der Waals surface area contributed by atoms with Crippen molar-refractivity contribution in [3.05, 3.63) is 75.7 Å². The van der Waals surface area contributed by atoms with Crippen LogP contribution in [0.5, 0.6) is 11.5 Å². The summed E-state index contributed by atoms with van der Waals surface area (Å²) in [5.74, 6) is 6.59. The monoisotopic (exact) mass is 471 g/mol. The third-order valence-electron chi connectivity index (χ3n) is 4.73. The highest BCUT2D eigenvalue weighted by molar-refractivity contribution is 7.91. The van der Waals surface area contributed by atoms with E-state index in [2.05, 4.69) is 11.8 Å². The summed E-state index contributed by atoms with van der Waals surface area (Å²) < 4.78 is 32.5. The predicted octanol–water partition coefficient (Wildman–Crippen LogP) is 4.03. The van der Waals surface area contributed by atoms with Gasteiger partial charge in [0.05, 0.1) is 27.8 Å². The van der Waals surface area contributed by atoms with Crippen LogP contribution in [0, 0.1) is 11.8 Å².